The predicted molar refractivity (Wildman–Crippen MR) is 65.4 cm³/mol. The molecule has 2 N–H and O–H groups in total. The quantitative estimate of drug-likeness (QED) is 0.634. The van der Waals surface area contributed by atoms with E-state index in [4.69, 9.17) is 9.52 Å². The lowest BCUT2D eigenvalue weighted by atomic mass is 10.1. The van der Waals surface area contributed by atoms with Crippen LogP contribution in [0, 0.1) is 0 Å². The van der Waals surface area contributed by atoms with E-state index < -0.39 is 0 Å². The van der Waals surface area contributed by atoms with E-state index in [0.29, 0.717) is 12.6 Å². The summed E-state index contributed by atoms with van der Waals surface area (Å²) in [6.07, 6.45) is 7.00. The van der Waals surface area contributed by atoms with Crippen molar-refractivity contribution in [1.82, 2.24) is 5.32 Å². The third-order valence-electron chi connectivity index (χ3n) is 2.73. The number of furan rings is 1. The van der Waals surface area contributed by atoms with Crippen LogP contribution in [0.25, 0.3) is 0 Å². The van der Waals surface area contributed by atoms with Gasteiger partial charge < -0.3 is 14.8 Å². The maximum Gasteiger partial charge on any atom is 0.103 e. The highest BCUT2D eigenvalue weighted by Crippen LogP contribution is 2.05. The Morgan fingerprint density at radius 3 is 2.94 bits per heavy atom. The summed E-state index contributed by atoms with van der Waals surface area (Å²) in [6.45, 7) is 3.56. The van der Waals surface area contributed by atoms with Gasteiger partial charge in [0.2, 0.25) is 0 Å². The van der Waals surface area contributed by atoms with Gasteiger partial charge in [-0.05, 0) is 51.3 Å². The van der Waals surface area contributed by atoms with Crippen LogP contribution in [-0.2, 0) is 6.42 Å². The van der Waals surface area contributed by atoms with Crippen LogP contribution in [0.4, 0.5) is 0 Å². The largest absolute Gasteiger partial charge is 0.469 e. The molecule has 0 spiro atoms. The van der Waals surface area contributed by atoms with Crippen LogP contribution in [0.15, 0.2) is 22.8 Å². The molecule has 0 amide bonds. The zero-order valence-corrected chi connectivity index (χ0v) is 10.1. The van der Waals surface area contributed by atoms with Crippen LogP contribution in [0.5, 0.6) is 0 Å². The highest BCUT2D eigenvalue weighted by molar-refractivity contribution is 4.98. The molecular weight excluding hydrogens is 202 g/mol. The summed E-state index contributed by atoms with van der Waals surface area (Å²) < 4.78 is 5.29. The minimum Gasteiger partial charge on any atom is -0.469 e. The van der Waals surface area contributed by atoms with Crippen molar-refractivity contribution in [3.8, 4) is 0 Å². The second-order valence-electron chi connectivity index (χ2n) is 4.26. The first-order valence-corrected chi connectivity index (χ1v) is 6.19. The third-order valence-corrected chi connectivity index (χ3v) is 2.73. The molecule has 3 nitrogen and oxygen atoms in total. The normalized spacial score (nSPS) is 12.9. The topological polar surface area (TPSA) is 45.4 Å². The molecule has 3 heteroatoms. The van der Waals surface area contributed by atoms with Gasteiger partial charge in [-0.15, -0.1) is 0 Å². The van der Waals surface area contributed by atoms with E-state index >= 15 is 0 Å². The number of aryl methyl sites for hydroxylation is 1. The summed E-state index contributed by atoms with van der Waals surface area (Å²) >= 11 is 0. The molecule has 0 saturated heterocycles. The van der Waals surface area contributed by atoms with Crippen molar-refractivity contribution in [2.45, 2.75) is 45.1 Å². The van der Waals surface area contributed by atoms with Crippen molar-refractivity contribution in [2.24, 2.45) is 0 Å². The van der Waals surface area contributed by atoms with Crippen molar-refractivity contribution in [2.75, 3.05) is 13.2 Å². The summed E-state index contributed by atoms with van der Waals surface area (Å²) in [7, 11) is 0. The molecule has 0 aromatic carbocycles. The fraction of sp³-hybridized carbons (Fsp3) is 0.692. The molecule has 92 valence electrons. The Hall–Kier alpha value is -0.800. The fourth-order valence-electron chi connectivity index (χ4n) is 1.68. The molecule has 0 radical (unpaired) electrons. The average Bonchev–Trinajstić information content (AvgIpc) is 2.79. The first-order valence-electron chi connectivity index (χ1n) is 6.19. The van der Waals surface area contributed by atoms with Crippen LogP contribution in [0.3, 0.4) is 0 Å². The van der Waals surface area contributed by atoms with Crippen molar-refractivity contribution >= 4 is 0 Å². The Balaban J connectivity index is 1.96. The van der Waals surface area contributed by atoms with Gasteiger partial charge >= 0.3 is 0 Å². The Morgan fingerprint density at radius 1 is 1.38 bits per heavy atom. The second-order valence-corrected chi connectivity index (χ2v) is 4.26. The first-order chi connectivity index (χ1) is 7.83. The lowest BCUT2D eigenvalue weighted by Crippen LogP contribution is -2.27. The second kappa shape index (κ2) is 8.36. The van der Waals surface area contributed by atoms with E-state index in [-0.39, 0.29) is 0 Å². The van der Waals surface area contributed by atoms with Crippen LogP contribution in [0.1, 0.15) is 38.4 Å². The lowest BCUT2D eigenvalue weighted by Gasteiger charge is -2.12. The van der Waals surface area contributed by atoms with E-state index in [1.165, 1.54) is 0 Å². The number of hydrogen-bond donors (Lipinski definition) is 2. The van der Waals surface area contributed by atoms with Crippen LogP contribution in [0.2, 0.25) is 0 Å². The van der Waals surface area contributed by atoms with Gasteiger partial charge in [-0.2, -0.15) is 0 Å². The van der Waals surface area contributed by atoms with E-state index in [1.807, 2.05) is 12.1 Å². The molecule has 1 atom stereocenters. The van der Waals surface area contributed by atoms with Crippen molar-refractivity contribution in [1.29, 1.82) is 0 Å². The molecule has 0 fully saturated rings. The summed E-state index contributed by atoms with van der Waals surface area (Å²) in [6, 6.07) is 4.48. The first kappa shape index (κ1) is 13.3. The van der Waals surface area contributed by atoms with Gasteiger partial charge in [-0.25, -0.2) is 0 Å². The maximum atomic E-state index is 8.63. The van der Waals surface area contributed by atoms with Gasteiger partial charge in [-0.3, -0.25) is 0 Å². The summed E-state index contributed by atoms with van der Waals surface area (Å²) in [5.74, 6) is 1.06. The average molecular weight is 225 g/mol. The Kier molecular flexibility index (Phi) is 6.93. The van der Waals surface area contributed by atoms with Gasteiger partial charge in [0.1, 0.15) is 5.76 Å². The number of unbranched alkanes of at least 4 members (excludes halogenated alkanes) is 2. The van der Waals surface area contributed by atoms with Crippen LogP contribution < -0.4 is 5.32 Å². The molecule has 0 aliphatic rings. The Labute approximate surface area is 97.9 Å². The molecule has 0 saturated carbocycles. The fourth-order valence-corrected chi connectivity index (χ4v) is 1.68. The maximum absolute atomic E-state index is 8.63. The van der Waals surface area contributed by atoms with Crippen molar-refractivity contribution in [3.63, 3.8) is 0 Å². The molecule has 0 aliphatic carbocycles. The van der Waals surface area contributed by atoms with Gasteiger partial charge in [0, 0.05) is 19.1 Å². The standard InChI is InChI=1S/C13H23NO2/c1-12(14-9-3-2-4-10-15)7-8-13-6-5-11-16-13/h5-6,11-12,14-15H,2-4,7-10H2,1H3. The molecule has 0 bridgehead atoms. The SMILES string of the molecule is CC(CCc1ccco1)NCCCCCO. The number of aliphatic hydroxyl groups excluding tert-OH is 1. The molecule has 1 unspecified atom stereocenters. The summed E-state index contributed by atoms with van der Waals surface area (Å²) in [5, 5.41) is 12.1. The van der Waals surface area contributed by atoms with E-state index in [2.05, 4.69) is 12.2 Å². The third kappa shape index (κ3) is 5.93. The molecule has 16 heavy (non-hydrogen) atoms. The van der Waals surface area contributed by atoms with Gasteiger partial charge in [-0.1, -0.05) is 0 Å². The zero-order valence-electron chi connectivity index (χ0n) is 10.1. The van der Waals surface area contributed by atoms with Gasteiger partial charge in [0.15, 0.2) is 0 Å². The molecule has 1 heterocycles. The highest BCUT2D eigenvalue weighted by atomic mass is 16.3. The van der Waals surface area contributed by atoms with E-state index in [9.17, 15) is 0 Å². The molecule has 0 aliphatic heterocycles. The van der Waals surface area contributed by atoms with E-state index in [0.717, 1.165) is 44.4 Å². The Bertz CT molecular complexity index is 246. The molecule has 1 aromatic heterocycles. The van der Waals surface area contributed by atoms with Crippen molar-refractivity contribution in [3.05, 3.63) is 24.2 Å². The van der Waals surface area contributed by atoms with Crippen molar-refractivity contribution < 1.29 is 9.52 Å². The van der Waals surface area contributed by atoms with Gasteiger partial charge in [0.25, 0.3) is 0 Å². The zero-order chi connectivity index (χ0) is 11.6. The minimum atomic E-state index is 0.314. The lowest BCUT2D eigenvalue weighted by molar-refractivity contribution is 0.282. The highest BCUT2D eigenvalue weighted by Gasteiger charge is 2.02. The summed E-state index contributed by atoms with van der Waals surface area (Å²) in [4.78, 5) is 0. The number of hydrogen-bond acceptors (Lipinski definition) is 3. The van der Waals surface area contributed by atoms with E-state index in [1.54, 1.807) is 6.26 Å². The number of aliphatic hydroxyl groups is 1. The number of rotatable bonds is 9. The Morgan fingerprint density at radius 2 is 2.25 bits per heavy atom. The molecule has 1 aromatic rings. The smallest absolute Gasteiger partial charge is 0.103 e. The number of nitrogens with one attached hydrogen (secondary N) is 1. The van der Waals surface area contributed by atoms with Gasteiger partial charge in [0.05, 0.1) is 6.26 Å². The van der Waals surface area contributed by atoms with Crippen LogP contribution >= 0.6 is 0 Å². The minimum absolute atomic E-state index is 0.314. The monoisotopic (exact) mass is 225 g/mol. The predicted octanol–water partition coefficient (Wildman–Crippen LogP) is 2.35. The van der Waals surface area contributed by atoms with Crippen LogP contribution in [-0.4, -0.2) is 24.3 Å². The molecular formula is C13H23NO2. The molecule has 1 rings (SSSR count). The summed E-state index contributed by atoms with van der Waals surface area (Å²) in [5.41, 5.74) is 0.